The van der Waals surface area contributed by atoms with Gasteiger partial charge in [-0.15, -0.1) is 0 Å². The second kappa shape index (κ2) is 7.22. The van der Waals surface area contributed by atoms with Crippen LogP contribution in [0.4, 0.5) is 4.39 Å². The molecule has 3 nitrogen and oxygen atoms in total. The molecule has 0 saturated carbocycles. The van der Waals surface area contributed by atoms with Crippen molar-refractivity contribution in [3.8, 4) is 5.88 Å². The smallest absolute Gasteiger partial charge is 0.213 e. The van der Waals surface area contributed by atoms with E-state index in [-0.39, 0.29) is 12.4 Å². The van der Waals surface area contributed by atoms with Crippen LogP contribution in [-0.2, 0) is 13.2 Å². The van der Waals surface area contributed by atoms with Crippen molar-refractivity contribution in [1.82, 2.24) is 10.3 Å². The first-order valence-electron chi connectivity index (χ1n) is 6.42. The summed E-state index contributed by atoms with van der Waals surface area (Å²) in [4.78, 5) is 4.09. The molecule has 106 valence electrons. The van der Waals surface area contributed by atoms with Crippen molar-refractivity contribution < 1.29 is 9.13 Å². The van der Waals surface area contributed by atoms with Crippen molar-refractivity contribution in [2.45, 2.75) is 20.1 Å². The van der Waals surface area contributed by atoms with Crippen molar-refractivity contribution in [2.75, 3.05) is 6.54 Å². The van der Waals surface area contributed by atoms with E-state index in [4.69, 9.17) is 16.3 Å². The SMILES string of the molecule is CCNCc1cc(OCc2ccccc2F)ncc1Cl. The van der Waals surface area contributed by atoms with E-state index in [1.807, 2.05) is 6.92 Å². The largest absolute Gasteiger partial charge is 0.473 e. The van der Waals surface area contributed by atoms with Gasteiger partial charge in [0.1, 0.15) is 12.4 Å². The molecular weight excluding hydrogens is 279 g/mol. The highest BCUT2D eigenvalue weighted by Gasteiger charge is 2.06. The zero-order chi connectivity index (χ0) is 14.4. The topological polar surface area (TPSA) is 34.1 Å². The molecule has 0 atom stereocenters. The van der Waals surface area contributed by atoms with Gasteiger partial charge < -0.3 is 10.1 Å². The molecule has 0 bridgehead atoms. The van der Waals surface area contributed by atoms with Gasteiger partial charge in [-0.2, -0.15) is 0 Å². The lowest BCUT2D eigenvalue weighted by Gasteiger charge is -2.09. The predicted molar refractivity (Wildman–Crippen MR) is 77.4 cm³/mol. The molecule has 0 saturated heterocycles. The molecule has 5 heteroatoms. The van der Waals surface area contributed by atoms with E-state index >= 15 is 0 Å². The van der Waals surface area contributed by atoms with Crippen LogP contribution in [0.3, 0.4) is 0 Å². The molecule has 0 amide bonds. The molecule has 1 heterocycles. The predicted octanol–water partition coefficient (Wildman–Crippen LogP) is 3.56. The summed E-state index contributed by atoms with van der Waals surface area (Å²) in [6.45, 7) is 3.66. The molecular formula is C15H16ClFN2O. The Bertz CT molecular complexity index is 578. The van der Waals surface area contributed by atoms with E-state index in [1.165, 1.54) is 6.07 Å². The third kappa shape index (κ3) is 3.92. The Kier molecular flexibility index (Phi) is 5.32. The molecule has 2 rings (SSSR count). The molecule has 0 unspecified atom stereocenters. The number of halogens is 2. The number of hydrogen-bond acceptors (Lipinski definition) is 3. The molecule has 0 aliphatic heterocycles. The van der Waals surface area contributed by atoms with Gasteiger partial charge in [0, 0.05) is 24.4 Å². The standard InChI is InChI=1S/C15H16ClFN2O/c1-2-18-8-12-7-15(19-9-13(12)16)20-10-11-5-3-4-6-14(11)17/h3-7,9,18H,2,8,10H2,1H3. The average Bonchev–Trinajstić information content (AvgIpc) is 2.46. The van der Waals surface area contributed by atoms with Gasteiger partial charge in [-0.1, -0.05) is 36.7 Å². The first-order valence-corrected chi connectivity index (χ1v) is 6.80. The normalized spacial score (nSPS) is 10.6. The maximum Gasteiger partial charge on any atom is 0.213 e. The Morgan fingerprint density at radius 2 is 2.10 bits per heavy atom. The maximum atomic E-state index is 13.5. The Morgan fingerprint density at radius 1 is 1.30 bits per heavy atom. The minimum absolute atomic E-state index is 0.141. The van der Waals surface area contributed by atoms with Crippen molar-refractivity contribution in [1.29, 1.82) is 0 Å². The summed E-state index contributed by atoms with van der Waals surface area (Å²) in [5.74, 6) is 0.153. The second-order valence-corrected chi connectivity index (χ2v) is 4.68. The minimum atomic E-state index is -0.283. The number of hydrogen-bond donors (Lipinski definition) is 1. The minimum Gasteiger partial charge on any atom is -0.473 e. The number of nitrogens with zero attached hydrogens (tertiary/aromatic N) is 1. The number of nitrogens with one attached hydrogen (secondary N) is 1. The van der Waals surface area contributed by atoms with Crippen LogP contribution in [-0.4, -0.2) is 11.5 Å². The molecule has 0 aliphatic rings. The quantitative estimate of drug-likeness (QED) is 0.884. The van der Waals surface area contributed by atoms with Gasteiger partial charge in [0.25, 0.3) is 0 Å². The highest BCUT2D eigenvalue weighted by molar-refractivity contribution is 6.31. The summed E-state index contributed by atoms with van der Waals surface area (Å²) in [6, 6.07) is 8.28. The highest BCUT2D eigenvalue weighted by Crippen LogP contribution is 2.20. The van der Waals surface area contributed by atoms with Crippen molar-refractivity contribution in [3.05, 3.63) is 58.5 Å². The van der Waals surface area contributed by atoms with Crippen molar-refractivity contribution in [2.24, 2.45) is 0 Å². The number of benzene rings is 1. The summed E-state index contributed by atoms with van der Waals surface area (Å²) in [7, 11) is 0. The van der Waals surface area contributed by atoms with Gasteiger partial charge in [-0.05, 0) is 18.2 Å². The second-order valence-electron chi connectivity index (χ2n) is 4.27. The molecule has 1 aromatic heterocycles. The zero-order valence-corrected chi connectivity index (χ0v) is 12.0. The van der Waals surface area contributed by atoms with Crippen LogP contribution in [0, 0.1) is 5.82 Å². The van der Waals surface area contributed by atoms with Crippen LogP contribution in [0.25, 0.3) is 0 Å². The fourth-order valence-corrected chi connectivity index (χ4v) is 1.87. The molecule has 1 N–H and O–H groups in total. The molecule has 0 radical (unpaired) electrons. The molecule has 0 aliphatic carbocycles. The fraction of sp³-hybridized carbons (Fsp3) is 0.267. The van der Waals surface area contributed by atoms with Crippen LogP contribution in [0.5, 0.6) is 5.88 Å². The Labute approximate surface area is 122 Å². The van der Waals surface area contributed by atoms with Gasteiger partial charge in [0.15, 0.2) is 0 Å². The lowest BCUT2D eigenvalue weighted by molar-refractivity contribution is 0.287. The van der Waals surface area contributed by atoms with Crippen molar-refractivity contribution in [3.63, 3.8) is 0 Å². The van der Waals surface area contributed by atoms with Crippen LogP contribution in [0.2, 0.25) is 5.02 Å². The van der Waals surface area contributed by atoms with E-state index in [0.29, 0.717) is 23.0 Å². The van der Waals surface area contributed by atoms with Gasteiger partial charge in [-0.3, -0.25) is 0 Å². The van der Waals surface area contributed by atoms with Gasteiger partial charge in [0.2, 0.25) is 5.88 Å². The van der Waals surface area contributed by atoms with E-state index < -0.39 is 0 Å². The molecule has 0 fully saturated rings. The average molecular weight is 295 g/mol. The summed E-state index contributed by atoms with van der Waals surface area (Å²) in [6.07, 6.45) is 1.55. The molecule has 2 aromatic rings. The van der Waals surface area contributed by atoms with Crippen LogP contribution in [0.1, 0.15) is 18.1 Å². The van der Waals surface area contributed by atoms with Crippen LogP contribution in [0.15, 0.2) is 36.5 Å². The van der Waals surface area contributed by atoms with Crippen LogP contribution >= 0.6 is 11.6 Å². The highest BCUT2D eigenvalue weighted by atomic mass is 35.5. The summed E-state index contributed by atoms with van der Waals surface area (Å²) in [5.41, 5.74) is 1.41. The molecule has 0 spiro atoms. The number of aromatic nitrogens is 1. The van der Waals surface area contributed by atoms with E-state index in [0.717, 1.165) is 12.1 Å². The lowest BCUT2D eigenvalue weighted by atomic mass is 10.2. The summed E-state index contributed by atoms with van der Waals surface area (Å²) in [5, 5.41) is 3.77. The number of ether oxygens (including phenoxy) is 1. The number of pyridine rings is 1. The fourth-order valence-electron chi connectivity index (χ4n) is 1.70. The Balaban J connectivity index is 2.04. The third-order valence-corrected chi connectivity index (χ3v) is 3.15. The molecule has 1 aromatic carbocycles. The first-order chi connectivity index (χ1) is 9.70. The van der Waals surface area contributed by atoms with Crippen LogP contribution < -0.4 is 10.1 Å². The number of rotatable bonds is 6. The van der Waals surface area contributed by atoms with E-state index in [9.17, 15) is 4.39 Å². The van der Waals surface area contributed by atoms with E-state index in [2.05, 4.69) is 10.3 Å². The first kappa shape index (κ1) is 14.8. The third-order valence-electron chi connectivity index (χ3n) is 2.81. The Hall–Kier alpha value is -1.65. The lowest BCUT2D eigenvalue weighted by Crippen LogP contribution is -2.12. The monoisotopic (exact) mass is 294 g/mol. The van der Waals surface area contributed by atoms with E-state index in [1.54, 1.807) is 30.5 Å². The van der Waals surface area contributed by atoms with Crippen molar-refractivity contribution >= 4 is 11.6 Å². The summed E-state index contributed by atoms with van der Waals surface area (Å²) >= 11 is 6.06. The van der Waals surface area contributed by atoms with Gasteiger partial charge in [-0.25, -0.2) is 9.37 Å². The van der Waals surface area contributed by atoms with Gasteiger partial charge in [0.05, 0.1) is 5.02 Å². The maximum absolute atomic E-state index is 13.5. The zero-order valence-electron chi connectivity index (χ0n) is 11.2. The Morgan fingerprint density at radius 3 is 2.85 bits per heavy atom. The molecule has 20 heavy (non-hydrogen) atoms. The summed E-state index contributed by atoms with van der Waals surface area (Å²) < 4.78 is 19.0. The van der Waals surface area contributed by atoms with Gasteiger partial charge >= 0.3 is 0 Å².